The van der Waals surface area contributed by atoms with E-state index in [0.717, 1.165) is 18.8 Å². The van der Waals surface area contributed by atoms with E-state index in [-0.39, 0.29) is 0 Å². The molecule has 1 saturated carbocycles. The summed E-state index contributed by atoms with van der Waals surface area (Å²) in [6.45, 7) is 11.5. The van der Waals surface area contributed by atoms with Crippen molar-refractivity contribution in [1.29, 1.82) is 0 Å². The number of rotatable bonds is 3. The molecule has 0 aromatic heterocycles. The lowest BCUT2D eigenvalue weighted by Crippen LogP contribution is -2.28. The smallest absolute Gasteiger partial charge is 0.0431 e. The van der Waals surface area contributed by atoms with Crippen molar-refractivity contribution in [3.05, 3.63) is 12.2 Å². The van der Waals surface area contributed by atoms with Gasteiger partial charge in [0.1, 0.15) is 0 Å². The second kappa shape index (κ2) is 5.16. The number of allylic oxidation sites excluding steroid dienone is 1. The average Bonchev–Trinajstić information content (AvgIpc) is 2.15. The molecule has 0 radical (unpaired) electrons. The highest BCUT2D eigenvalue weighted by molar-refractivity contribution is 5.06. The first-order chi connectivity index (χ1) is 6.95. The molecule has 1 N–H and O–H groups in total. The van der Waals surface area contributed by atoms with Gasteiger partial charge in [0.25, 0.3) is 0 Å². The van der Waals surface area contributed by atoms with Crippen LogP contribution in [0.1, 0.15) is 52.9 Å². The SMILES string of the molecule is C=C1CCC(C(C)(C)C)CC1CCCO. The van der Waals surface area contributed by atoms with Gasteiger partial charge in [-0.05, 0) is 49.4 Å². The van der Waals surface area contributed by atoms with E-state index in [1.165, 1.54) is 24.8 Å². The summed E-state index contributed by atoms with van der Waals surface area (Å²) in [5, 5.41) is 8.88. The maximum atomic E-state index is 8.88. The molecular weight excluding hydrogens is 184 g/mol. The van der Waals surface area contributed by atoms with Crippen molar-refractivity contribution in [1.82, 2.24) is 0 Å². The van der Waals surface area contributed by atoms with Crippen LogP contribution in [0.4, 0.5) is 0 Å². The summed E-state index contributed by atoms with van der Waals surface area (Å²) < 4.78 is 0. The fraction of sp³-hybridized carbons (Fsp3) is 0.857. The van der Waals surface area contributed by atoms with Crippen LogP contribution in [0.5, 0.6) is 0 Å². The third-order valence-corrected chi connectivity index (χ3v) is 3.90. The van der Waals surface area contributed by atoms with Crippen LogP contribution in [0.15, 0.2) is 12.2 Å². The first-order valence-electron chi connectivity index (χ1n) is 6.23. The van der Waals surface area contributed by atoms with Gasteiger partial charge in [0.05, 0.1) is 0 Å². The molecule has 0 aromatic carbocycles. The van der Waals surface area contributed by atoms with Crippen LogP contribution in [0.2, 0.25) is 0 Å². The highest BCUT2D eigenvalue weighted by Crippen LogP contribution is 2.43. The molecular formula is C14H26O. The summed E-state index contributed by atoms with van der Waals surface area (Å²) in [6, 6.07) is 0. The molecule has 0 heterocycles. The summed E-state index contributed by atoms with van der Waals surface area (Å²) in [7, 11) is 0. The van der Waals surface area contributed by atoms with Crippen LogP contribution in [0, 0.1) is 17.3 Å². The molecule has 0 bridgehead atoms. The molecule has 1 fully saturated rings. The molecule has 0 amide bonds. The van der Waals surface area contributed by atoms with E-state index < -0.39 is 0 Å². The van der Waals surface area contributed by atoms with E-state index in [0.29, 0.717) is 17.9 Å². The molecule has 2 atom stereocenters. The van der Waals surface area contributed by atoms with E-state index >= 15 is 0 Å². The largest absolute Gasteiger partial charge is 0.396 e. The Balaban J connectivity index is 2.52. The fourth-order valence-corrected chi connectivity index (χ4v) is 2.64. The van der Waals surface area contributed by atoms with Gasteiger partial charge in [0.15, 0.2) is 0 Å². The molecule has 2 unspecified atom stereocenters. The first kappa shape index (κ1) is 12.8. The predicted octanol–water partition coefficient (Wildman–Crippen LogP) is 3.78. The summed E-state index contributed by atoms with van der Waals surface area (Å²) in [4.78, 5) is 0. The highest BCUT2D eigenvalue weighted by Gasteiger charge is 2.31. The Labute approximate surface area is 94.6 Å². The van der Waals surface area contributed by atoms with Gasteiger partial charge in [-0.15, -0.1) is 0 Å². The zero-order chi connectivity index (χ0) is 11.5. The van der Waals surface area contributed by atoms with Crippen LogP contribution in [-0.4, -0.2) is 11.7 Å². The molecule has 0 spiro atoms. The zero-order valence-electron chi connectivity index (χ0n) is 10.6. The Morgan fingerprint density at radius 1 is 1.40 bits per heavy atom. The van der Waals surface area contributed by atoms with Gasteiger partial charge >= 0.3 is 0 Å². The number of hydrogen-bond donors (Lipinski definition) is 1. The van der Waals surface area contributed by atoms with Crippen LogP contribution < -0.4 is 0 Å². The van der Waals surface area contributed by atoms with Gasteiger partial charge in [0, 0.05) is 6.61 Å². The topological polar surface area (TPSA) is 20.2 Å². The number of aliphatic hydroxyl groups is 1. The van der Waals surface area contributed by atoms with Gasteiger partial charge in [-0.2, -0.15) is 0 Å². The molecule has 1 heteroatoms. The van der Waals surface area contributed by atoms with Gasteiger partial charge in [-0.3, -0.25) is 0 Å². The van der Waals surface area contributed by atoms with E-state index in [4.69, 9.17) is 5.11 Å². The minimum absolute atomic E-state index is 0.323. The highest BCUT2D eigenvalue weighted by atomic mass is 16.2. The Morgan fingerprint density at radius 3 is 2.60 bits per heavy atom. The summed E-state index contributed by atoms with van der Waals surface area (Å²) >= 11 is 0. The average molecular weight is 210 g/mol. The first-order valence-corrected chi connectivity index (χ1v) is 6.23. The molecule has 1 rings (SSSR count). The molecule has 1 aliphatic rings. The number of hydrogen-bond acceptors (Lipinski definition) is 1. The lowest BCUT2D eigenvalue weighted by molar-refractivity contribution is 0.161. The molecule has 0 aromatic rings. The van der Waals surface area contributed by atoms with Crippen molar-refractivity contribution < 1.29 is 5.11 Å². The van der Waals surface area contributed by atoms with Gasteiger partial charge in [0.2, 0.25) is 0 Å². The molecule has 0 aliphatic heterocycles. The van der Waals surface area contributed by atoms with Crippen molar-refractivity contribution in [2.45, 2.75) is 52.9 Å². The summed E-state index contributed by atoms with van der Waals surface area (Å²) in [5.41, 5.74) is 1.85. The Bertz CT molecular complexity index is 212. The van der Waals surface area contributed by atoms with Crippen molar-refractivity contribution >= 4 is 0 Å². The normalized spacial score (nSPS) is 28.1. The maximum Gasteiger partial charge on any atom is 0.0431 e. The predicted molar refractivity (Wildman–Crippen MR) is 65.7 cm³/mol. The van der Waals surface area contributed by atoms with Crippen LogP contribution in [0.25, 0.3) is 0 Å². The van der Waals surface area contributed by atoms with Crippen molar-refractivity contribution in [2.24, 2.45) is 17.3 Å². The Morgan fingerprint density at radius 2 is 2.07 bits per heavy atom. The Kier molecular flexibility index (Phi) is 4.39. The molecule has 15 heavy (non-hydrogen) atoms. The monoisotopic (exact) mass is 210 g/mol. The second-order valence-electron chi connectivity index (χ2n) is 6.06. The van der Waals surface area contributed by atoms with Gasteiger partial charge in [-0.1, -0.05) is 32.9 Å². The summed E-state index contributed by atoms with van der Waals surface area (Å²) in [6.07, 6.45) is 5.83. The van der Waals surface area contributed by atoms with Crippen molar-refractivity contribution in [3.63, 3.8) is 0 Å². The van der Waals surface area contributed by atoms with Crippen molar-refractivity contribution in [3.8, 4) is 0 Å². The minimum atomic E-state index is 0.323. The molecule has 1 nitrogen and oxygen atoms in total. The molecule has 1 aliphatic carbocycles. The Hall–Kier alpha value is -0.300. The van der Waals surface area contributed by atoms with E-state index in [1.54, 1.807) is 0 Å². The van der Waals surface area contributed by atoms with E-state index in [1.807, 2.05) is 0 Å². The van der Waals surface area contributed by atoms with Crippen LogP contribution in [-0.2, 0) is 0 Å². The van der Waals surface area contributed by atoms with Crippen molar-refractivity contribution in [2.75, 3.05) is 6.61 Å². The van der Waals surface area contributed by atoms with Gasteiger partial charge < -0.3 is 5.11 Å². The fourth-order valence-electron chi connectivity index (χ4n) is 2.64. The second-order valence-corrected chi connectivity index (χ2v) is 6.06. The van der Waals surface area contributed by atoms with Gasteiger partial charge in [-0.25, -0.2) is 0 Å². The quantitative estimate of drug-likeness (QED) is 0.703. The maximum absolute atomic E-state index is 8.88. The van der Waals surface area contributed by atoms with Crippen LogP contribution in [0.3, 0.4) is 0 Å². The third-order valence-electron chi connectivity index (χ3n) is 3.90. The molecule has 0 saturated heterocycles. The number of aliphatic hydroxyl groups excluding tert-OH is 1. The van der Waals surface area contributed by atoms with Crippen LogP contribution >= 0.6 is 0 Å². The standard InChI is InChI=1S/C14H26O/c1-11-7-8-13(14(2,3)4)10-12(11)6-5-9-15/h12-13,15H,1,5-10H2,2-4H3. The molecule has 88 valence electrons. The summed E-state index contributed by atoms with van der Waals surface area (Å²) in [5.74, 6) is 1.49. The lowest BCUT2D eigenvalue weighted by Gasteiger charge is -2.39. The van der Waals surface area contributed by atoms with E-state index in [2.05, 4.69) is 27.4 Å². The lowest BCUT2D eigenvalue weighted by atomic mass is 9.67. The minimum Gasteiger partial charge on any atom is -0.396 e. The van der Waals surface area contributed by atoms with E-state index in [9.17, 15) is 0 Å². The third kappa shape index (κ3) is 3.64. The zero-order valence-corrected chi connectivity index (χ0v) is 10.6.